The van der Waals surface area contributed by atoms with Crippen molar-refractivity contribution in [3.63, 3.8) is 0 Å². The van der Waals surface area contributed by atoms with Crippen LogP contribution in [0, 0.1) is 17.3 Å². The Balaban J connectivity index is 2.74. The molecule has 1 N–H and O–H groups in total. The van der Waals surface area contributed by atoms with Crippen molar-refractivity contribution in [2.45, 2.75) is 13.3 Å². The molecule has 14 heavy (non-hydrogen) atoms. The smallest absolute Gasteiger partial charge is 0.207 e. The van der Waals surface area contributed by atoms with Crippen LogP contribution in [0.25, 0.3) is 0 Å². The fraction of sp³-hybridized carbons (Fsp3) is 0.200. The van der Waals surface area contributed by atoms with E-state index in [4.69, 9.17) is 5.26 Å². The second-order valence-corrected chi connectivity index (χ2v) is 2.64. The lowest BCUT2D eigenvalue weighted by atomic mass is 10.3. The third-order valence-corrected chi connectivity index (χ3v) is 1.65. The number of anilines is 1. The number of amidine groups is 1. The molecule has 1 rings (SSSR count). The van der Waals surface area contributed by atoms with Crippen LogP contribution in [-0.4, -0.2) is 5.84 Å². The lowest BCUT2D eigenvalue weighted by molar-refractivity contribution is 0.628. The molecule has 0 aliphatic rings. The van der Waals surface area contributed by atoms with Crippen molar-refractivity contribution in [2.75, 3.05) is 5.32 Å². The maximum absolute atomic E-state index is 12.5. The highest BCUT2D eigenvalue weighted by atomic mass is 19.1. The largest absolute Gasteiger partial charge is 0.343 e. The highest BCUT2D eigenvalue weighted by molar-refractivity contribution is 5.95. The molecule has 0 atom stereocenters. The van der Waals surface area contributed by atoms with E-state index < -0.39 is 0 Å². The van der Waals surface area contributed by atoms with Gasteiger partial charge in [0.2, 0.25) is 6.19 Å². The Morgan fingerprint density at radius 1 is 1.50 bits per heavy atom. The van der Waals surface area contributed by atoms with Crippen molar-refractivity contribution in [3.8, 4) is 6.19 Å². The zero-order valence-corrected chi connectivity index (χ0v) is 7.79. The van der Waals surface area contributed by atoms with Crippen molar-refractivity contribution >= 4 is 11.5 Å². The molecule has 0 saturated carbocycles. The Morgan fingerprint density at radius 2 is 2.14 bits per heavy atom. The van der Waals surface area contributed by atoms with E-state index in [0.29, 0.717) is 12.3 Å². The summed E-state index contributed by atoms with van der Waals surface area (Å²) in [5.41, 5.74) is 0.724. The van der Waals surface area contributed by atoms with Gasteiger partial charge in [-0.3, -0.25) is 0 Å². The van der Waals surface area contributed by atoms with Gasteiger partial charge < -0.3 is 5.32 Å². The minimum absolute atomic E-state index is 0.286. The van der Waals surface area contributed by atoms with Gasteiger partial charge in [0.25, 0.3) is 0 Å². The van der Waals surface area contributed by atoms with Gasteiger partial charge in [-0.1, -0.05) is 6.92 Å². The number of benzene rings is 1. The zero-order chi connectivity index (χ0) is 10.4. The van der Waals surface area contributed by atoms with Gasteiger partial charge >= 0.3 is 0 Å². The molecule has 0 fully saturated rings. The summed E-state index contributed by atoms with van der Waals surface area (Å²) in [5.74, 6) is 0.282. The lowest BCUT2D eigenvalue weighted by Crippen LogP contribution is -2.09. The van der Waals surface area contributed by atoms with Crippen LogP contribution in [-0.2, 0) is 0 Å². The summed E-state index contributed by atoms with van der Waals surface area (Å²) in [6.07, 6.45) is 2.33. The molecule has 1 aromatic carbocycles. The second-order valence-electron chi connectivity index (χ2n) is 2.64. The molecule has 0 unspecified atom stereocenters. The van der Waals surface area contributed by atoms with Gasteiger partial charge in [-0.15, -0.1) is 0 Å². The highest BCUT2D eigenvalue weighted by Crippen LogP contribution is 2.08. The predicted octanol–water partition coefficient (Wildman–Crippen LogP) is 2.53. The zero-order valence-electron chi connectivity index (χ0n) is 7.79. The standard InChI is InChI=1S/C10H10FN3/c1-2-10(13-7-12)14-9-5-3-8(11)4-6-9/h3-6H,2H2,1H3,(H,13,14). The van der Waals surface area contributed by atoms with Crippen LogP contribution in [0.5, 0.6) is 0 Å². The first-order valence-electron chi connectivity index (χ1n) is 4.24. The number of hydrogen-bond acceptors (Lipinski definition) is 2. The second kappa shape index (κ2) is 4.97. The van der Waals surface area contributed by atoms with Crippen LogP contribution < -0.4 is 5.32 Å². The van der Waals surface area contributed by atoms with E-state index in [1.165, 1.54) is 12.1 Å². The number of nitrogens with zero attached hydrogens (tertiary/aromatic N) is 2. The van der Waals surface area contributed by atoms with Crippen molar-refractivity contribution < 1.29 is 4.39 Å². The molecule has 0 aromatic heterocycles. The van der Waals surface area contributed by atoms with Crippen molar-refractivity contribution in [2.24, 2.45) is 4.99 Å². The van der Waals surface area contributed by atoms with Gasteiger partial charge in [0.05, 0.1) is 0 Å². The fourth-order valence-corrected chi connectivity index (χ4v) is 0.956. The number of nitriles is 1. The SMILES string of the molecule is CC/C(=N/C#N)Nc1ccc(F)cc1. The first-order chi connectivity index (χ1) is 6.76. The molecule has 0 heterocycles. The van der Waals surface area contributed by atoms with Crippen LogP contribution in [0.3, 0.4) is 0 Å². The van der Waals surface area contributed by atoms with Gasteiger partial charge in [-0.25, -0.2) is 4.39 Å². The molecule has 1 aromatic rings. The average molecular weight is 191 g/mol. The number of halogens is 1. The third kappa shape index (κ3) is 2.87. The van der Waals surface area contributed by atoms with E-state index in [1.54, 1.807) is 18.3 Å². The summed E-state index contributed by atoms with van der Waals surface area (Å²) >= 11 is 0. The summed E-state index contributed by atoms with van der Waals surface area (Å²) in [7, 11) is 0. The van der Waals surface area contributed by atoms with Gasteiger partial charge in [-0.05, 0) is 24.3 Å². The van der Waals surface area contributed by atoms with Crippen molar-refractivity contribution in [3.05, 3.63) is 30.1 Å². The van der Waals surface area contributed by atoms with E-state index in [9.17, 15) is 4.39 Å². The normalized spacial score (nSPS) is 10.8. The molecule has 72 valence electrons. The number of rotatable bonds is 2. The van der Waals surface area contributed by atoms with Crippen LogP contribution in [0.1, 0.15) is 13.3 Å². The summed E-state index contributed by atoms with van der Waals surface area (Å²) < 4.78 is 12.5. The van der Waals surface area contributed by atoms with E-state index in [1.807, 2.05) is 6.92 Å². The molecule has 4 heteroatoms. The van der Waals surface area contributed by atoms with Crippen molar-refractivity contribution in [1.29, 1.82) is 5.26 Å². The molecule has 0 saturated heterocycles. The Labute approximate surface area is 81.9 Å². The molecule has 0 aliphatic heterocycles. The topological polar surface area (TPSA) is 48.2 Å². The minimum atomic E-state index is -0.286. The van der Waals surface area contributed by atoms with Crippen LogP contribution in [0.2, 0.25) is 0 Å². The molecule has 3 nitrogen and oxygen atoms in total. The van der Waals surface area contributed by atoms with Crippen LogP contribution in [0.15, 0.2) is 29.3 Å². The predicted molar refractivity (Wildman–Crippen MR) is 53.4 cm³/mol. The Kier molecular flexibility index (Phi) is 3.62. The third-order valence-electron chi connectivity index (χ3n) is 1.65. The average Bonchev–Trinajstić information content (AvgIpc) is 2.20. The molecule has 0 bridgehead atoms. The minimum Gasteiger partial charge on any atom is -0.343 e. The Morgan fingerprint density at radius 3 is 2.64 bits per heavy atom. The quantitative estimate of drug-likeness (QED) is 0.443. The monoisotopic (exact) mass is 191 g/mol. The van der Waals surface area contributed by atoms with Gasteiger partial charge in [0.15, 0.2) is 0 Å². The van der Waals surface area contributed by atoms with E-state index >= 15 is 0 Å². The Bertz CT molecular complexity index is 362. The van der Waals surface area contributed by atoms with Gasteiger partial charge in [0.1, 0.15) is 11.7 Å². The van der Waals surface area contributed by atoms with Crippen LogP contribution in [0.4, 0.5) is 10.1 Å². The maximum Gasteiger partial charge on any atom is 0.207 e. The first kappa shape index (κ1) is 10.2. The summed E-state index contributed by atoms with van der Waals surface area (Å²) in [6, 6.07) is 5.89. The van der Waals surface area contributed by atoms with E-state index in [-0.39, 0.29) is 5.82 Å². The molecular formula is C10H10FN3. The lowest BCUT2D eigenvalue weighted by Gasteiger charge is -2.05. The molecule has 0 radical (unpaired) electrons. The van der Waals surface area contributed by atoms with E-state index in [2.05, 4.69) is 10.3 Å². The molecule has 0 aliphatic carbocycles. The number of hydrogen-bond donors (Lipinski definition) is 1. The first-order valence-corrected chi connectivity index (χ1v) is 4.24. The number of nitrogens with one attached hydrogen (secondary N) is 1. The molecule has 0 amide bonds. The van der Waals surface area contributed by atoms with E-state index in [0.717, 1.165) is 5.69 Å². The van der Waals surface area contributed by atoms with Gasteiger partial charge in [-0.2, -0.15) is 10.3 Å². The van der Waals surface area contributed by atoms with Crippen molar-refractivity contribution in [1.82, 2.24) is 0 Å². The Hall–Kier alpha value is -1.89. The number of aliphatic imine (C=N–C) groups is 1. The summed E-state index contributed by atoms with van der Waals surface area (Å²) in [5, 5.41) is 11.3. The summed E-state index contributed by atoms with van der Waals surface area (Å²) in [4.78, 5) is 3.58. The molecule has 0 spiro atoms. The fourth-order valence-electron chi connectivity index (χ4n) is 0.956. The van der Waals surface area contributed by atoms with Crippen LogP contribution >= 0.6 is 0 Å². The highest BCUT2D eigenvalue weighted by Gasteiger charge is 1.97. The summed E-state index contributed by atoms with van der Waals surface area (Å²) in [6.45, 7) is 1.88. The molecular weight excluding hydrogens is 181 g/mol. The maximum atomic E-state index is 12.5. The van der Waals surface area contributed by atoms with Gasteiger partial charge in [0, 0.05) is 12.1 Å².